The number of methoxy groups -OCH3 is 1. The fourth-order valence-electron chi connectivity index (χ4n) is 1.86. The molecular weight excluding hydrogens is 212 g/mol. The Kier molecular flexibility index (Phi) is 3.88. The summed E-state index contributed by atoms with van der Waals surface area (Å²) in [5.74, 6) is 1.13. The number of hydrogen-bond acceptors (Lipinski definition) is 4. The van der Waals surface area contributed by atoms with Gasteiger partial charge in [0.1, 0.15) is 0 Å². The molecule has 0 aromatic rings. The van der Waals surface area contributed by atoms with Crippen LogP contribution in [-0.4, -0.2) is 49.9 Å². The Labute approximate surface area is 94.8 Å². The van der Waals surface area contributed by atoms with E-state index < -0.39 is 0 Å². The van der Waals surface area contributed by atoms with Crippen LogP contribution in [0.15, 0.2) is 4.99 Å². The predicted molar refractivity (Wildman–Crippen MR) is 62.6 cm³/mol. The number of nitrogens with one attached hydrogen (secondary N) is 1. The van der Waals surface area contributed by atoms with Gasteiger partial charge >= 0.3 is 0 Å². The second-order valence-electron chi connectivity index (χ2n) is 3.99. The van der Waals surface area contributed by atoms with Gasteiger partial charge in [-0.1, -0.05) is 11.8 Å². The Morgan fingerprint density at radius 1 is 1.53 bits per heavy atom. The molecule has 2 heterocycles. The molecule has 0 amide bonds. The molecule has 2 fully saturated rings. The molecule has 0 aromatic carbocycles. The molecule has 2 aliphatic rings. The van der Waals surface area contributed by atoms with Crippen LogP contribution >= 0.6 is 11.8 Å². The van der Waals surface area contributed by atoms with E-state index in [0.29, 0.717) is 6.61 Å². The van der Waals surface area contributed by atoms with E-state index in [4.69, 9.17) is 9.47 Å². The van der Waals surface area contributed by atoms with Gasteiger partial charge in [0.25, 0.3) is 0 Å². The molecule has 0 radical (unpaired) electrons. The summed E-state index contributed by atoms with van der Waals surface area (Å²) in [5.41, 5.74) is 0.259. The highest BCUT2D eigenvalue weighted by atomic mass is 32.2. The maximum atomic E-state index is 5.38. The van der Waals surface area contributed by atoms with Crippen LogP contribution in [0.3, 0.4) is 0 Å². The van der Waals surface area contributed by atoms with Gasteiger partial charge in [-0.25, -0.2) is 0 Å². The minimum atomic E-state index is 0.259. The van der Waals surface area contributed by atoms with Gasteiger partial charge in [-0.05, 0) is 12.8 Å². The Morgan fingerprint density at radius 3 is 3.07 bits per heavy atom. The third-order valence-corrected chi connectivity index (χ3v) is 4.06. The molecule has 5 heteroatoms. The third-order valence-electron chi connectivity index (χ3n) is 2.86. The summed E-state index contributed by atoms with van der Waals surface area (Å²) in [7, 11) is 1.70. The van der Waals surface area contributed by atoms with Gasteiger partial charge < -0.3 is 14.8 Å². The zero-order valence-electron chi connectivity index (χ0n) is 9.12. The lowest BCUT2D eigenvalue weighted by atomic mass is 9.93. The third kappa shape index (κ3) is 2.86. The lowest BCUT2D eigenvalue weighted by Gasteiger charge is -2.32. The molecule has 2 saturated heterocycles. The highest BCUT2D eigenvalue weighted by molar-refractivity contribution is 8.14. The van der Waals surface area contributed by atoms with Crippen molar-refractivity contribution in [3.8, 4) is 0 Å². The molecule has 2 rings (SSSR count). The van der Waals surface area contributed by atoms with Gasteiger partial charge in [-0.15, -0.1) is 0 Å². The van der Waals surface area contributed by atoms with Crippen molar-refractivity contribution in [3.63, 3.8) is 0 Å². The normalized spacial score (nSPS) is 27.1. The Morgan fingerprint density at radius 2 is 2.33 bits per heavy atom. The van der Waals surface area contributed by atoms with Crippen molar-refractivity contribution in [3.05, 3.63) is 0 Å². The predicted octanol–water partition coefficient (Wildman–Crippen LogP) is 0.874. The number of hydrogen-bond donors (Lipinski definition) is 1. The zero-order chi connectivity index (χ0) is 10.6. The molecule has 0 atom stereocenters. The maximum absolute atomic E-state index is 5.38. The molecule has 15 heavy (non-hydrogen) atoms. The first-order valence-electron chi connectivity index (χ1n) is 5.37. The summed E-state index contributed by atoms with van der Waals surface area (Å²) in [6, 6.07) is 0. The van der Waals surface area contributed by atoms with Gasteiger partial charge in [0, 0.05) is 26.1 Å². The lowest BCUT2D eigenvalue weighted by molar-refractivity contribution is 0.0555. The van der Waals surface area contributed by atoms with E-state index in [1.54, 1.807) is 7.11 Å². The van der Waals surface area contributed by atoms with Crippen molar-refractivity contribution in [2.45, 2.75) is 18.4 Å². The van der Waals surface area contributed by atoms with Crippen LogP contribution < -0.4 is 5.32 Å². The smallest absolute Gasteiger partial charge is 0.157 e. The first kappa shape index (κ1) is 11.2. The fraction of sp³-hybridized carbons (Fsp3) is 0.900. The van der Waals surface area contributed by atoms with Crippen LogP contribution in [0.25, 0.3) is 0 Å². The Bertz CT molecular complexity index is 240. The summed E-state index contributed by atoms with van der Waals surface area (Å²) in [6.07, 6.45) is 2.20. The molecule has 0 aromatic heterocycles. The van der Waals surface area contributed by atoms with Gasteiger partial charge in [0.2, 0.25) is 0 Å². The van der Waals surface area contributed by atoms with E-state index in [1.165, 1.54) is 0 Å². The summed E-state index contributed by atoms with van der Waals surface area (Å²) >= 11 is 1.83. The molecule has 0 unspecified atom stereocenters. The molecule has 0 aliphatic carbocycles. The molecule has 2 aliphatic heterocycles. The quantitative estimate of drug-likeness (QED) is 0.731. The van der Waals surface area contributed by atoms with E-state index in [9.17, 15) is 0 Å². The summed E-state index contributed by atoms with van der Waals surface area (Å²) < 4.78 is 10.4. The van der Waals surface area contributed by atoms with Crippen LogP contribution in [0.4, 0.5) is 0 Å². The van der Waals surface area contributed by atoms with E-state index in [1.807, 2.05) is 11.8 Å². The van der Waals surface area contributed by atoms with E-state index in [0.717, 1.165) is 43.5 Å². The average Bonchev–Trinajstić information content (AvgIpc) is 2.63. The summed E-state index contributed by atoms with van der Waals surface area (Å²) in [4.78, 5) is 4.47. The maximum Gasteiger partial charge on any atom is 0.157 e. The molecular formula is C10H18N2O2S. The largest absolute Gasteiger partial charge is 0.383 e. The Hall–Kier alpha value is -0.260. The van der Waals surface area contributed by atoms with E-state index in [-0.39, 0.29) is 5.54 Å². The van der Waals surface area contributed by atoms with Crippen molar-refractivity contribution in [2.75, 3.05) is 39.2 Å². The van der Waals surface area contributed by atoms with Gasteiger partial charge in [-0.3, -0.25) is 4.99 Å². The molecule has 0 bridgehead atoms. The highest BCUT2D eigenvalue weighted by Gasteiger charge is 2.38. The summed E-state index contributed by atoms with van der Waals surface area (Å²) in [6.45, 7) is 3.19. The zero-order valence-corrected chi connectivity index (χ0v) is 9.94. The number of nitrogens with zero attached hydrogens (tertiary/aromatic N) is 1. The minimum absolute atomic E-state index is 0.259. The molecule has 0 saturated carbocycles. The second-order valence-corrected chi connectivity index (χ2v) is 4.95. The van der Waals surface area contributed by atoms with Crippen LogP contribution in [0.1, 0.15) is 12.8 Å². The van der Waals surface area contributed by atoms with Crippen molar-refractivity contribution in [2.24, 2.45) is 4.99 Å². The van der Waals surface area contributed by atoms with Crippen molar-refractivity contribution >= 4 is 16.9 Å². The SMILES string of the molecule is COCCN=C1NC2(CCOCC2)CS1. The first-order chi connectivity index (χ1) is 7.35. The molecule has 1 spiro atoms. The van der Waals surface area contributed by atoms with E-state index >= 15 is 0 Å². The van der Waals surface area contributed by atoms with Gasteiger partial charge in [-0.2, -0.15) is 0 Å². The minimum Gasteiger partial charge on any atom is -0.383 e. The topological polar surface area (TPSA) is 42.8 Å². The standard InChI is InChI=1S/C10H18N2O2S/c1-13-7-4-11-9-12-10(8-15-9)2-5-14-6-3-10/h2-8H2,1H3,(H,11,12). The van der Waals surface area contributed by atoms with Gasteiger partial charge in [0.15, 0.2) is 5.17 Å². The fourth-order valence-corrected chi connectivity index (χ4v) is 3.11. The molecule has 1 N–H and O–H groups in total. The average molecular weight is 230 g/mol. The molecule has 4 nitrogen and oxygen atoms in total. The molecule has 86 valence electrons. The van der Waals surface area contributed by atoms with Crippen molar-refractivity contribution in [1.29, 1.82) is 0 Å². The number of ether oxygens (including phenoxy) is 2. The van der Waals surface area contributed by atoms with Crippen LogP contribution in [-0.2, 0) is 9.47 Å². The number of amidine groups is 1. The van der Waals surface area contributed by atoms with Gasteiger partial charge in [0.05, 0.1) is 18.7 Å². The lowest BCUT2D eigenvalue weighted by Crippen LogP contribution is -2.48. The number of aliphatic imine (C=N–C) groups is 1. The number of thioether (sulfide) groups is 1. The Balaban J connectivity index is 1.85. The first-order valence-corrected chi connectivity index (χ1v) is 6.35. The second kappa shape index (κ2) is 5.18. The highest BCUT2D eigenvalue weighted by Crippen LogP contribution is 2.31. The number of rotatable bonds is 3. The van der Waals surface area contributed by atoms with Crippen LogP contribution in [0.5, 0.6) is 0 Å². The van der Waals surface area contributed by atoms with Crippen molar-refractivity contribution in [1.82, 2.24) is 5.32 Å². The van der Waals surface area contributed by atoms with Crippen LogP contribution in [0, 0.1) is 0 Å². The summed E-state index contributed by atoms with van der Waals surface area (Å²) in [5, 5.41) is 4.62. The van der Waals surface area contributed by atoms with Crippen molar-refractivity contribution < 1.29 is 9.47 Å². The van der Waals surface area contributed by atoms with E-state index in [2.05, 4.69) is 10.3 Å². The van der Waals surface area contributed by atoms with Crippen LogP contribution in [0.2, 0.25) is 0 Å². The monoisotopic (exact) mass is 230 g/mol.